The van der Waals surface area contributed by atoms with Crippen molar-refractivity contribution in [3.05, 3.63) is 65.2 Å². The van der Waals surface area contributed by atoms with E-state index in [2.05, 4.69) is 31.6 Å². The van der Waals surface area contributed by atoms with Crippen molar-refractivity contribution in [1.82, 2.24) is 15.3 Å². The number of hydrazine groups is 1. The van der Waals surface area contributed by atoms with E-state index in [9.17, 15) is 18.0 Å². The second-order valence-corrected chi connectivity index (χ2v) is 9.30. The molecular formula is C20H25N3O5S. The maximum absolute atomic E-state index is 12.3. The zero-order valence-corrected chi connectivity index (χ0v) is 17.8. The average Bonchev–Trinajstić information content (AvgIpc) is 2.70. The van der Waals surface area contributed by atoms with Gasteiger partial charge in [-0.1, -0.05) is 43.4 Å². The lowest BCUT2D eigenvalue weighted by atomic mass is 9.87. The highest BCUT2D eigenvalue weighted by atomic mass is 32.2. The number of rotatable bonds is 5. The summed E-state index contributed by atoms with van der Waals surface area (Å²) in [5, 5.41) is 0. The average molecular weight is 420 g/mol. The molecule has 0 bridgehead atoms. The number of sulfonamides is 1. The Hall–Kier alpha value is -2.75. The molecule has 0 atom stereocenters. The summed E-state index contributed by atoms with van der Waals surface area (Å²) < 4.78 is 25.3. The number of benzene rings is 2. The molecule has 8 nitrogen and oxygen atoms in total. The molecule has 0 saturated carbocycles. The molecule has 0 fully saturated rings. The van der Waals surface area contributed by atoms with Crippen LogP contribution in [0.25, 0.3) is 0 Å². The van der Waals surface area contributed by atoms with E-state index in [0.717, 1.165) is 5.56 Å². The Balaban J connectivity index is 2.08. The molecule has 2 rings (SSSR count). The molecule has 2 amide bonds. The molecule has 0 spiro atoms. The van der Waals surface area contributed by atoms with Crippen molar-refractivity contribution in [2.45, 2.75) is 31.1 Å². The maximum Gasteiger partial charge on any atom is 0.269 e. The summed E-state index contributed by atoms with van der Waals surface area (Å²) in [6.07, 6.45) is 0. The van der Waals surface area contributed by atoms with Crippen LogP contribution in [0, 0.1) is 0 Å². The summed E-state index contributed by atoms with van der Waals surface area (Å²) in [4.78, 5) is 29.2. The van der Waals surface area contributed by atoms with Crippen LogP contribution in [-0.4, -0.2) is 38.9 Å². The molecule has 0 radical (unpaired) electrons. The van der Waals surface area contributed by atoms with Crippen molar-refractivity contribution < 1.29 is 22.8 Å². The predicted octanol–water partition coefficient (Wildman–Crippen LogP) is 2.24. The smallest absolute Gasteiger partial charge is 0.269 e. The van der Waals surface area contributed by atoms with Crippen LogP contribution < -0.4 is 10.9 Å². The highest BCUT2D eigenvalue weighted by Crippen LogP contribution is 2.22. The third-order valence-corrected chi connectivity index (χ3v) is 5.97. The van der Waals surface area contributed by atoms with Crippen molar-refractivity contribution in [3.63, 3.8) is 0 Å². The molecule has 0 aromatic heterocycles. The lowest BCUT2D eigenvalue weighted by molar-refractivity contribution is -0.0258. The zero-order chi connectivity index (χ0) is 21.8. The van der Waals surface area contributed by atoms with Gasteiger partial charge in [-0.25, -0.2) is 8.42 Å². The number of hydroxylamine groups is 1. The van der Waals surface area contributed by atoms with Gasteiger partial charge in [0.15, 0.2) is 0 Å². The fraction of sp³-hybridized carbons (Fsp3) is 0.300. The van der Waals surface area contributed by atoms with Crippen molar-refractivity contribution >= 4 is 21.8 Å². The number of carbonyl (C=O) groups is 2. The highest BCUT2D eigenvalue weighted by Gasteiger charge is 2.22. The zero-order valence-electron chi connectivity index (χ0n) is 17.0. The molecule has 9 heteroatoms. The summed E-state index contributed by atoms with van der Waals surface area (Å²) in [5.74, 6) is -1.14. The number of carbonyl (C=O) groups excluding carboxylic acids is 2. The Morgan fingerprint density at radius 1 is 0.931 bits per heavy atom. The predicted molar refractivity (Wildman–Crippen MR) is 108 cm³/mol. The third kappa shape index (κ3) is 5.41. The van der Waals surface area contributed by atoms with Crippen LogP contribution in [0.3, 0.4) is 0 Å². The molecule has 0 aliphatic heterocycles. The SMILES string of the molecule is CON(C)S(=O)(=O)c1cccc(C(=O)NNC(=O)c2ccc(C(C)(C)C)cc2)c1. The van der Waals surface area contributed by atoms with E-state index in [0.29, 0.717) is 10.0 Å². The number of hydrogen-bond acceptors (Lipinski definition) is 5. The Labute approximate surface area is 170 Å². The molecule has 0 aliphatic carbocycles. The highest BCUT2D eigenvalue weighted by molar-refractivity contribution is 7.89. The van der Waals surface area contributed by atoms with Gasteiger partial charge in [-0.2, -0.15) is 0 Å². The molecule has 2 N–H and O–H groups in total. The van der Waals surface area contributed by atoms with Crippen molar-refractivity contribution in [1.29, 1.82) is 0 Å². The minimum atomic E-state index is -3.89. The Bertz CT molecular complexity index is 996. The lowest BCUT2D eigenvalue weighted by Gasteiger charge is -2.19. The fourth-order valence-electron chi connectivity index (χ4n) is 2.42. The van der Waals surface area contributed by atoms with E-state index in [-0.39, 0.29) is 15.9 Å². The number of nitrogens with zero attached hydrogens (tertiary/aromatic N) is 1. The number of hydrogen-bond donors (Lipinski definition) is 2. The topological polar surface area (TPSA) is 105 Å². The number of amides is 2. The second-order valence-electron chi connectivity index (χ2n) is 7.36. The molecule has 156 valence electrons. The standard InChI is InChI=1S/C20H25N3O5S/c1-20(2,3)16-11-9-14(10-12-16)18(24)21-22-19(25)15-7-6-8-17(13-15)29(26,27)23(4)28-5/h6-13H,1-5H3,(H,21,24)(H,22,25). The molecule has 0 saturated heterocycles. The van der Waals surface area contributed by atoms with Gasteiger partial charge in [0.2, 0.25) is 0 Å². The van der Waals surface area contributed by atoms with Gasteiger partial charge in [-0.3, -0.25) is 25.3 Å². The first-order valence-corrected chi connectivity index (χ1v) is 10.2. The molecule has 0 aliphatic rings. The van der Waals surface area contributed by atoms with Gasteiger partial charge in [0.25, 0.3) is 21.8 Å². The largest absolute Gasteiger partial charge is 0.288 e. The van der Waals surface area contributed by atoms with Crippen LogP contribution in [0.2, 0.25) is 0 Å². The summed E-state index contributed by atoms with van der Waals surface area (Å²) in [6.45, 7) is 6.21. The minimum absolute atomic E-state index is 0.0363. The molecular weight excluding hydrogens is 394 g/mol. The van der Waals surface area contributed by atoms with Gasteiger partial charge in [0.1, 0.15) is 0 Å². The Kier molecular flexibility index (Phi) is 6.78. The van der Waals surface area contributed by atoms with Crippen LogP contribution >= 0.6 is 0 Å². The lowest BCUT2D eigenvalue weighted by Crippen LogP contribution is -2.41. The maximum atomic E-state index is 12.3. The minimum Gasteiger partial charge on any atom is -0.288 e. The molecule has 0 heterocycles. The molecule has 2 aromatic carbocycles. The Morgan fingerprint density at radius 2 is 1.48 bits per heavy atom. The van der Waals surface area contributed by atoms with E-state index in [1.165, 1.54) is 38.4 Å². The van der Waals surface area contributed by atoms with E-state index in [1.54, 1.807) is 12.1 Å². The molecule has 29 heavy (non-hydrogen) atoms. The van der Waals surface area contributed by atoms with Gasteiger partial charge in [-0.15, -0.1) is 0 Å². The Morgan fingerprint density at radius 3 is 2.00 bits per heavy atom. The molecule has 2 aromatic rings. The van der Waals surface area contributed by atoms with E-state index >= 15 is 0 Å². The summed E-state index contributed by atoms with van der Waals surface area (Å²) >= 11 is 0. The summed E-state index contributed by atoms with van der Waals surface area (Å²) in [6, 6.07) is 12.5. The monoisotopic (exact) mass is 419 g/mol. The normalized spacial score (nSPS) is 11.9. The first-order valence-electron chi connectivity index (χ1n) is 8.81. The van der Waals surface area contributed by atoms with Crippen LogP contribution in [0.1, 0.15) is 47.1 Å². The van der Waals surface area contributed by atoms with Crippen molar-refractivity contribution in [3.8, 4) is 0 Å². The number of nitrogens with one attached hydrogen (secondary N) is 2. The van der Waals surface area contributed by atoms with Gasteiger partial charge in [0, 0.05) is 18.2 Å². The van der Waals surface area contributed by atoms with E-state index in [4.69, 9.17) is 4.84 Å². The van der Waals surface area contributed by atoms with E-state index in [1.807, 2.05) is 12.1 Å². The first kappa shape index (κ1) is 22.5. The molecule has 0 unspecified atom stereocenters. The van der Waals surface area contributed by atoms with Gasteiger partial charge in [-0.05, 0) is 41.3 Å². The van der Waals surface area contributed by atoms with Gasteiger partial charge >= 0.3 is 0 Å². The van der Waals surface area contributed by atoms with Crippen LogP contribution in [-0.2, 0) is 20.3 Å². The van der Waals surface area contributed by atoms with Crippen molar-refractivity contribution in [2.24, 2.45) is 0 Å². The van der Waals surface area contributed by atoms with E-state index < -0.39 is 21.8 Å². The summed E-state index contributed by atoms with van der Waals surface area (Å²) in [7, 11) is -1.43. The first-order chi connectivity index (χ1) is 13.5. The van der Waals surface area contributed by atoms with Gasteiger partial charge < -0.3 is 0 Å². The summed E-state index contributed by atoms with van der Waals surface area (Å²) in [5.41, 5.74) is 6.11. The quantitative estimate of drug-likeness (QED) is 0.723. The fourth-order valence-corrected chi connectivity index (χ4v) is 3.44. The van der Waals surface area contributed by atoms with Gasteiger partial charge in [0.05, 0.1) is 12.0 Å². The van der Waals surface area contributed by atoms with Crippen LogP contribution in [0.5, 0.6) is 0 Å². The second kappa shape index (κ2) is 8.73. The van der Waals surface area contributed by atoms with Crippen molar-refractivity contribution in [2.75, 3.05) is 14.2 Å². The van der Waals surface area contributed by atoms with Crippen LogP contribution in [0.4, 0.5) is 0 Å². The van der Waals surface area contributed by atoms with Crippen LogP contribution in [0.15, 0.2) is 53.4 Å². The third-order valence-electron chi connectivity index (χ3n) is 4.29.